The van der Waals surface area contributed by atoms with E-state index in [1.807, 2.05) is 0 Å². The number of methoxy groups -OCH3 is 1. The molecule has 1 aromatic heterocycles. The van der Waals surface area contributed by atoms with Crippen molar-refractivity contribution in [2.75, 3.05) is 14.2 Å². The Morgan fingerprint density at radius 2 is 2.15 bits per heavy atom. The summed E-state index contributed by atoms with van der Waals surface area (Å²) in [5.41, 5.74) is 0.699. The lowest BCUT2D eigenvalue weighted by atomic mass is 10.2. The highest BCUT2D eigenvalue weighted by molar-refractivity contribution is 7.89. The van der Waals surface area contributed by atoms with Crippen molar-refractivity contribution in [3.05, 3.63) is 36.0 Å². The predicted octanol–water partition coefficient (Wildman–Crippen LogP) is 0.945. The highest BCUT2D eigenvalue weighted by Gasteiger charge is 2.22. The van der Waals surface area contributed by atoms with Crippen LogP contribution in [0.2, 0.25) is 0 Å². The van der Waals surface area contributed by atoms with E-state index in [0.29, 0.717) is 11.3 Å². The average molecular weight is 297 g/mol. The molecular formula is C12H15N3O4S. The van der Waals surface area contributed by atoms with Gasteiger partial charge in [-0.1, -0.05) is 6.07 Å². The Balaban J connectivity index is 2.22. The molecule has 0 bridgehead atoms. The van der Waals surface area contributed by atoms with Gasteiger partial charge in [-0.15, -0.1) is 0 Å². The van der Waals surface area contributed by atoms with Gasteiger partial charge in [0.2, 0.25) is 0 Å². The van der Waals surface area contributed by atoms with Crippen molar-refractivity contribution in [1.82, 2.24) is 14.5 Å². The van der Waals surface area contributed by atoms with Crippen molar-refractivity contribution in [3.8, 4) is 11.5 Å². The predicted molar refractivity (Wildman–Crippen MR) is 71.9 cm³/mol. The van der Waals surface area contributed by atoms with Crippen molar-refractivity contribution >= 4 is 10.0 Å². The van der Waals surface area contributed by atoms with Crippen LogP contribution in [0.4, 0.5) is 0 Å². The lowest BCUT2D eigenvalue weighted by molar-refractivity contribution is 0.372. The van der Waals surface area contributed by atoms with Crippen LogP contribution in [-0.4, -0.2) is 42.2 Å². The average Bonchev–Trinajstić information content (AvgIpc) is 2.95. The summed E-state index contributed by atoms with van der Waals surface area (Å²) in [7, 11) is -0.709. The van der Waals surface area contributed by atoms with E-state index >= 15 is 0 Å². The molecule has 1 heterocycles. The van der Waals surface area contributed by atoms with Crippen LogP contribution < -0.4 is 4.74 Å². The second-order valence-corrected chi connectivity index (χ2v) is 6.20. The van der Waals surface area contributed by atoms with Crippen molar-refractivity contribution in [2.24, 2.45) is 0 Å². The van der Waals surface area contributed by atoms with Crippen molar-refractivity contribution in [2.45, 2.75) is 11.6 Å². The van der Waals surface area contributed by atoms with Gasteiger partial charge in [0.05, 0.1) is 13.3 Å². The first-order chi connectivity index (χ1) is 9.45. The van der Waals surface area contributed by atoms with Gasteiger partial charge in [0, 0.05) is 13.6 Å². The molecule has 2 rings (SSSR count). The molecule has 0 aliphatic heterocycles. The van der Waals surface area contributed by atoms with Gasteiger partial charge in [-0.2, -0.15) is 9.40 Å². The van der Waals surface area contributed by atoms with E-state index in [1.54, 1.807) is 12.1 Å². The molecule has 0 amide bonds. The van der Waals surface area contributed by atoms with E-state index in [0.717, 1.165) is 0 Å². The van der Waals surface area contributed by atoms with E-state index in [-0.39, 0.29) is 17.3 Å². The van der Waals surface area contributed by atoms with Gasteiger partial charge in [-0.05, 0) is 23.8 Å². The summed E-state index contributed by atoms with van der Waals surface area (Å²) in [5, 5.41) is 15.6. The van der Waals surface area contributed by atoms with Crippen LogP contribution in [0.5, 0.6) is 11.5 Å². The van der Waals surface area contributed by atoms with Crippen LogP contribution in [0.25, 0.3) is 0 Å². The number of hydrogen-bond acceptors (Lipinski definition) is 5. The number of nitrogens with zero attached hydrogens (tertiary/aromatic N) is 2. The zero-order valence-electron chi connectivity index (χ0n) is 11.1. The fourth-order valence-corrected chi connectivity index (χ4v) is 2.77. The molecule has 0 fully saturated rings. The number of ether oxygens (including phenoxy) is 1. The van der Waals surface area contributed by atoms with Gasteiger partial charge in [-0.3, -0.25) is 5.10 Å². The van der Waals surface area contributed by atoms with Crippen LogP contribution in [-0.2, 0) is 16.6 Å². The third-order valence-electron chi connectivity index (χ3n) is 2.81. The quantitative estimate of drug-likeness (QED) is 0.856. The molecule has 0 saturated heterocycles. The van der Waals surface area contributed by atoms with Gasteiger partial charge in [0.15, 0.2) is 16.5 Å². The second kappa shape index (κ2) is 5.51. The van der Waals surface area contributed by atoms with Gasteiger partial charge in [-0.25, -0.2) is 8.42 Å². The van der Waals surface area contributed by atoms with E-state index in [4.69, 9.17) is 4.74 Å². The number of aromatic nitrogens is 2. The lowest BCUT2D eigenvalue weighted by Gasteiger charge is -2.16. The summed E-state index contributed by atoms with van der Waals surface area (Å²) in [6, 6.07) is 6.08. The molecule has 108 valence electrons. The normalized spacial score (nSPS) is 11.8. The maximum Gasteiger partial charge on any atom is 0.260 e. The summed E-state index contributed by atoms with van der Waals surface area (Å²) < 4.78 is 30.6. The molecule has 1 aromatic carbocycles. The Labute approximate surface area is 116 Å². The summed E-state index contributed by atoms with van der Waals surface area (Å²) in [6.07, 6.45) is 1.38. The lowest BCUT2D eigenvalue weighted by Crippen LogP contribution is -2.26. The SMILES string of the molecule is COc1cc(CN(C)S(=O)(=O)c2ccn[nH]2)ccc1O. The molecule has 0 aliphatic carbocycles. The standard InChI is InChI=1S/C12H15N3O4S/c1-15(20(17,18)12-5-6-13-14-12)8-9-3-4-10(16)11(7-9)19-2/h3-7,16H,8H2,1-2H3,(H,13,14). The van der Waals surface area contributed by atoms with Crippen molar-refractivity contribution < 1.29 is 18.3 Å². The largest absolute Gasteiger partial charge is 0.504 e. The zero-order valence-corrected chi connectivity index (χ0v) is 11.9. The smallest absolute Gasteiger partial charge is 0.260 e. The Morgan fingerprint density at radius 1 is 1.40 bits per heavy atom. The van der Waals surface area contributed by atoms with Crippen LogP contribution in [0, 0.1) is 0 Å². The molecule has 2 aromatic rings. The Morgan fingerprint density at radius 3 is 2.75 bits per heavy atom. The molecule has 0 spiro atoms. The molecule has 0 aliphatic rings. The van der Waals surface area contributed by atoms with Gasteiger partial charge < -0.3 is 9.84 Å². The summed E-state index contributed by atoms with van der Waals surface area (Å²) >= 11 is 0. The number of H-pyrrole nitrogens is 1. The fourth-order valence-electron chi connectivity index (χ4n) is 1.72. The number of benzene rings is 1. The van der Waals surface area contributed by atoms with E-state index in [1.165, 1.54) is 36.8 Å². The van der Waals surface area contributed by atoms with E-state index in [9.17, 15) is 13.5 Å². The Bertz CT molecular complexity index is 683. The molecular weight excluding hydrogens is 282 g/mol. The molecule has 0 radical (unpaired) electrons. The van der Waals surface area contributed by atoms with Gasteiger partial charge >= 0.3 is 0 Å². The minimum Gasteiger partial charge on any atom is -0.504 e. The Kier molecular flexibility index (Phi) is 3.96. The number of hydrogen-bond donors (Lipinski definition) is 2. The summed E-state index contributed by atoms with van der Waals surface area (Å²) in [5.74, 6) is 0.310. The summed E-state index contributed by atoms with van der Waals surface area (Å²) in [4.78, 5) is 0. The fraction of sp³-hybridized carbons (Fsp3) is 0.250. The van der Waals surface area contributed by atoms with Crippen molar-refractivity contribution in [1.29, 1.82) is 0 Å². The number of phenolic OH excluding ortho intramolecular Hbond substituents is 1. The van der Waals surface area contributed by atoms with Crippen LogP contribution in [0.1, 0.15) is 5.56 Å². The maximum absolute atomic E-state index is 12.2. The minimum absolute atomic E-state index is 0.00956. The topological polar surface area (TPSA) is 95.5 Å². The molecule has 2 N–H and O–H groups in total. The molecule has 8 heteroatoms. The number of phenols is 1. The number of nitrogens with one attached hydrogen (secondary N) is 1. The van der Waals surface area contributed by atoms with Gasteiger partial charge in [0.1, 0.15) is 0 Å². The molecule has 20 heavy (non-hydrogen) atoms. The molecule has 7 nitrogen and oxygen atoms in total. The number of sulfonamides is 1. The van der Waals surface area contributed by atoms with Crippen LogP contribution >= 0.6 is 0 Å². The first-order valence-electron chi connectivity index (χ1n) is 5.76. The van der Waals surface area contributed by atoms with E-state index < -0.39 is 10.0 Å². The molecule has 0 saturated carbocycles. The van der Waals surface area contributed by atoms with Crippen LogP contribution in [0.15, 0.2) is 35.5 Å². The van der Waals surface area contributed by atoms with Gasteiger partial charge in [0.25, 0.3) is 10.0 Å². The number of aromatic amines is 1. The first-order valence-corrected chi connectivity index (χ1v) is 7.20. The van der Waals surface area contributed by atoms with Crippen LogP contribution in [0.3, 0.4) is 0 Å². The maximum atomic E-state index is 12.2. The third kappa shape index (κ3) is 2.75. The highest BCUT2D eigenvalue weighted by atomic mass is 32.2. The number of rotatable bonds is 5. The Hall–Kier alpha value is -2.06. The second-order valence-electron chi connectivity index (χ2n) is 4.19. The monoisotopic (exact) mass is 297 g/mol. The minimum atomic E-state index is -3.61. The highest BCUT2D eigenvalue weighted by Crippen LogP contribution is 2.27. The van der Waals surface area contributed by atoms with E-state index in [2.05, 4.69) is 10.2 Å². The molecule has 0 unspecified atom stereocenters. The number of aromatic hydroxyl groups is 1. The molecule has 0 atom stereocenters. The zero-order chi connectivity index (χ0) is 14.8. The third-order valence-corrected chi connectivity index (χ3v) is 4.55. The summed E-state index contributed by atoms with van der Waals surface area (Å²) in [6.45, 7) is 0.151. The van der Waals surface area contributed by atoms with Crippen molar-refractivity contribution in [3.63, 3.8) is 0 Å². The first kappa shape index (κ1) is 14.4.